The van der Waals surface area contributed by atoms with Crippen molar-refractivity contribution in [2.75, 3.05) is 6.61 Å². The number of hydrogen-bond donors (Lipinski definition) is 0. The number of ether oxygens (including phenoxy) is 2. The minimum Gasteiger partial charge on any atom is -0.490 e. The van der Waals surface area contributed by atoms with Crippen LogP contribution in [0.25, 0.3) is 0 Å². The first kappa shape index (κ1) is 21.1. The van der Waals surface area contributed by atoms with Crippen molar-refractivity contribution in [3.63, 3.8) is 0 Å². The van der Waals surface area contributed by atoms with E-state index in [0.717, 1.165) is 37.5 Å². The van der Waals surface area contributed by atoms with Gasteiger partial charge in [0.15, 0.2) is 17.7 Å². The van der Waals surface area contributed by atoms with Crippen molar-refractivity contribution in [2.45, 2.75) is 70.4 Å². The predicted octanol–water partition coefficient (Wildman–Crippen LogP) is 5.83. The third kappa shape index (κ3) is 4.45. The van der Waals surface area contributed by atoms with Crippen molar-refractivity contribution >= 4 is 6.72 Å². The molecule has 30 heavy (non-hydrogen) atoms. The van der Waals surface area contributed by atoms with Crippen LogP contribution in [0, 0.1) is 46.6 Å². The predicted molar refractivity (Wildman–Crippen MR) is 111 cm³/mol. The molecule has 0 saturated heterocycles. The summed E-state index contributed by atoms with van der Waals surface area (Å²) in [5.41, 5.74) is 0.625. The van der Waals surface area contributed by atoms with Gasteiger partial charge in [0.1, 0.15) is 0 Å². The van der Waals surface area contributed by atoms with Crippen LogP contribution in [-0.4, -0.2) is 19.6 Å². The Kier molecular flexibility index (Phi) is 6.55. The lowest BCUT2D eigenvalue weighted by molar-refractivity contribution is 0.127. The monoisotopic (exact) mass is 416 g/mol. The van der Waals surface area contributed by atoms with Crippen molar-refractivity contribution in [2.24, 2.45) is 28.7 Å². The molecule has 1 unspecified atom stereocenters. The topological polar surface area (TPSA) is 54.6 Å². The summed E-state index contributed by atoms with van der Waals surface area (Å²) in [6.45, 7) is 3.84. The number of halogens is 2. The Balaban J connectivity index is 1.29. The highest BCUT2D eigenvalue weighted by molar-refractivity contribution is 5.44. The molecule has 0 spiro atoms. The highest BCUT2D eigenvalue weighted by Crippen LogP contribution is 2.42. The SMILES string of the molecule is C=NC1CCc2cc(OCC3CCC(C4CCC(C#N)CC4)CC3)c(F)c(F)c2O1. The lowest BCUT2D eigenvalue weighted by atomic mass is 9.69. The molecule has 0 radical (unpaired) electrons. The summed E-state index contributed by atoms with van der Waals surface area (Å²) in [4.78, 5) is 3.78. The number of fused-ring (bicyclic) bond motifs is 1. The smallest absolute Gasteiger partial charge is 0.204 e. The third-order valence-corrected chi connectivity index (χ3v) is 7.31. The van der Waals surface area contributed by atoms with E-state index in [2.05, 4.69) is 17.8 Å². The third-order valence-electron chi connectivity index (χ3n) is 7.31. The molecule has 4 rings (SSSR count). The quantitative estimate of drug-likeness (QED) is 0.567. The summed E-state index contributed by atoms with van der Waals surface area (Å²) in [5.74, 6) is 0.0591. The molecule has 2 fully saturated rings. The van der Waals surface area contributed by atoms with Crippen molar-refractivity contribution in [3.05, 3.63) is 23.3 Å². The average Bonchev–Trinajstić information content (AvgIpc) is 2.80. The molecule has 0 aromatic heterocycles. The zero-order valence-corrected chi connectivity index (χ0v) is 17.4. The highest BCUT2D eigenvalue weighted by Gasteiger charge is 2.32. The first-order valence-electron chi connectivity index (χ1n) is 11.2. The molecule has 6 heteroatoms. The van der Waals surface area contributed by atoms with Gasteiger partial charge in [0.05, 0.1) is 12.7 Å². The molecule has 162 valence electrons. The molecule has 0 N–H and O–H groups in total. The fourth-order valence-corrected chi connectivity index (χ4v) is 5.41. The minimum atomic E-state index is -0.993. The molecule has 2 saturated carbocycles. The van der Waals surface area contributed by atoms with Crippen LogP contribution in [0.1, 0.15) is 63.4 Å². The summed E-state index contributed by atoms with van der Waals surface area (Å²) < 4.78 is 40.1. The lowest BCUT2D eigenvalue weighted by Crippen LogP contribution is -2.27. The van der Waals surface area contributed by atoms with E-state index in [1.165, 1.54) is 25.7 Å². The number of aryl methyl sites for hydroxylation is 1. The second-order valence-corrected chi connectivity index (χ2v) is 9.12. The fourth-order valence-electron chi connectivity index (χ4n) is 5.41. The Labute approximate surface area is 177 Å². The minimum absolute atomic E-state index is 0.0168. The Hall–Kier alpha value is -2.16. The van der Waals surface area contributed by atoms with Crippen molar-refractivity contribution in [3.8, 4) is 17.6 Å². The summed E-state index contributed by atoms with van der Waals surface area (Å²) in [5, 5.41) is 9.07. The number of nitrogens with zero attached hydrogens (tertiary/aromatic N) is 2. The van der Waals surface area contributed by atoms with E-state index < -0.39 is 17.9 Å². The summed E-state index contributed by atoms with van der Waals surface area (Å²) in [6.07, 6.45) is 9.53. The maximum absolute atomic E-state index is 14.5. The van der Waals surface area contributed by atoms with Crippen LogP contribution in [0.5, 0.6) is 11.5 Å². The molecule has 1 aromatic carbocycles. The summed E-state index contributed by atoms with van der Waals surface area (Å²) in [7, 11) is 0. The first-order valence-corrected chi connectivity index (χ1v) is 11.2. The van der Waals surface area contributed by atoms with Gasteiger partial charge in [-0.3, -0.25) is 4.99 Å². The number of rotatable bonds is 5. The lowest BCUT2D eigenvalue weighted by Gasteiger charge is -2.36. The van der Waals surface area contributed by atoms with E-state index in [4.69, 9.17) is 14.7 Å². The maximum Gasteiger partial charge on any atom is 0.204 e. The molecule has 0 bridgehead atoms. The Bertz CT molecular complexity index is 806. The second kappa shape index (κ2) is 9.32. The van der Waals surface area contributed by atoms with Gasteiger partial charge in [0, 0.05) is 17.9 Å². The number of benzene rings is 1. The van der Waals surface area contributed by atoms with E-state index in [1.807, 2.05) is 0 Å². The molecule has 3 aliphatic rings. The molecular weight excluding hydrogens is 386 g/mol. The van der Waals surface area contributed by atoms with Crippen molar-refractivity contribution in [1.29, 1.82) is 5.26 Å². The molecule has 1 aliphatic heterocycles. The number of hydrogen-bond acceptors (Lipinski definition) is 4. The normalized spacial score (nSPS) is 31.2. The molecular formula is C24H30F2N2O2. The zero-order chi connectivity index (χ0) is 21.1. The fraction of sp³-hybridized carbons (Fsp3) is 0.667. The Morgan fingerprint density at radius 2 is 1.70 bits per heavy atom. The van der Waals surface area contributed by atoms with Crippen LogP contribution in [0.15, 0.2) is 11.1 Å². The molecule has 4 nitrogen and oxygen atoms in total. The maximum atomic E-state index is 14.5. The highest BCUT2D eigenvalue weighted by atomic mass is 19.2. The van der Waals surface area contributed by atoms with E-state index in [0.29, 0.717) is 30.9 Å². The van der Waals surface area contributed by atoms with Crippen molar-refractivity contribution in [1.82, 2.24) is 0 Å². The van der Waals surface area contributed by atoms with Crippen LogP contribution in [0.3, 0.4) is 0 Å². The molecule has 1 heterocycles. The van der Waals surface area contributed by atoms with E-state index in [9.17, 15) is 8.78 Å². The van der Waals surface area contributed by atoms with E-state index in [1.54, 1.807) is 6.07 Å². The van der Waals surface area contributed by atoms with Crippen LogP contribution < -0.4 is 9.47 Å². The van der Waals surface area contributed by atoms with Crippen molar-refractivity contribution < 1.29 is 18.3 Å². The van der Waals surface area contributed by atoms with Gasteiger partial charge in [-0.15, -0.1) is 0 Å². The van der Waals surface area contributed by atoms with Crippen LogP contribution in [0.4, 0.5) is 8.78 Å². The molecule has 0 amide bonds. The van der Waals surface area contributed by atoms with E-state index >= 15 is 0 Å². The number of nitriles is 1. The largest absolute Gasteiger partial charge is 0.490 e. The van der Waals surface area contributed by atoms with Gasteiger partial charge in [-0.25, -0.2) is 0 Å². The van der Waals surface area contributed by atoms with Crippen LogP contribution in [-0.2, 0) is 6.42 Å². The molecule has 2 aliphatic carbocycles. The molecule has 1 aromatic rings. The van der Waals surface area contributed by atoms with Gasteiger partial charge in [-0.05, 0) is 88.3 Å². The van der Waals surface area contributed by atoms with Gasteiger partial charge >= 0.3 is 0 Å². The van der Waals surface area contributed by atoms with E-state index in [-0.39, 0.29) is 17.4 Å². The summed E-state index contributed by atoms with van der Waals surface area (Å²) in [6, 6.07) is 3.99. The average molecular weight is 417 g/mol. The van der Waals surface area contributed by atoms with Gasteiger partial charge in [-0.1, -0.05) is 0 Å². The van der Waals surface area contributed by atoms with Gasteiger partial charge in [0.25, 0.3) is 0 Å². The first-order chi connectivity index (χ1) is 14.6. The summed E-state index contributed by atoms with van der Waals surface area (Å²) >= 11 is 0. The number of aliphatic imine (C=N–C) groups is 1. The van der Waals surface area contributed by atoms with Gasteiger partial charge in [0.2, 0.25) is 11.6 Å². The van der Waals surface area contributed by atoms with Crippen LogP contribution >= 0.6 is 0 Å². The zero-order valence-electron chi connectivity index (χ0n) is 17.4. The Morgan fingerprint density at radius 3 is 2.33 bits per heavy atom. The van der Waals surface area contributed by atoms with Gasteiger partial charge < -0.3 is 9.47 Å². The second-order valence-electron chi connectivity index (χ2n) is 9.12. The van der Waals surface area contributed by atoms with Crippen LogP contribution in [0.2, 0.25) is 0 Å². The van der Waals surface area contributed by atoms with Gasteiger partial charge in [-0.2, -0.15) is 14.0 Å². The molecule has 1 atom stereocenters. The standard InChI is InChI=1S/C24H30F2N2O2/c1-28-21-11-10-19-12-20(22(25)23(26)24(19)30-21)29-14-16-4-8-18(9-5-16)17-6-2-15(13-27)3-7-17/h12,15-18,21H,1-11,14H2. The Morgan fingerprint density at radius 1 is 1.03 bits per heavy atom.